The summed E-state index contributed by atoms with van der Waals surface area (Å²) < 4.78 is 7.51. The summed E-state index contributed by atoms with van der Waals surface area (Å²) in [6, 6.07) is 26.6. The Hall–Kier alpha value is -4.65. The maximum atomic E-state index is 14.8. The van der Waals surface area contributed by atoms with Gasteiger partial charge in [-0.05, 0) is 86.4 Å². The third-order valence-corrected chi connectivity index (χ3v) is 8.97. The minimum absolute atomic E-state index is 0.0602. The molecule has 2 amide bonds. The van der Waals surface area contributed by atoms with E-state index in [-0.39, 0.29) is 24.4 Å². The Bertz CT molecular complexity index is 1810. The Morgan fingerprint density at radius 2 is 1.60 bits per heavy atom. The molecule has 0 saturated heterocycles. The molecule has 6 rings (SSSR count). The van der Waals surface area contributed by atoms with Gasteiger partial charge in [0.1, 0.15) is 5.60 Å². The Kier molecular flexibility index (Phi) is 9.35. The summed E-state index contributed by atoms with van der Waals surface area (Å²) in [6.07, 6.45) is 6.20. The Morgan fingerprint density at radius 3 is 2.32 bits per heavy atom. The van der Waals surface area contributed by atoms with Crippen LogP contribution in [0.2, 0.25) is 0 Å². The number of para-hydroxylation sites is 1. The number of rotatable bonds is 9. The van der Waals surface area contributed by atoms with Crippen molar-refractivity contribution in [1.29, 1.82) is 0 Å². The first kappa shape index (κ1) is 32.3. The van der Waals surface area contributed by atoms with Crippen LogP contribution in [-0.4, -0.2) is 57.0 Å². The molecule has 1 aliphatic carbocycles. The van der Waals surface area contributed by atoms with Crippen molar-refractivity contribution in [3.8, 4) is 11.1 Å². The number of nitrogens with zero attached hydrogens (tertiary/aromatic N) is 3. The molecule has 7 nitrogen and oxygen atoms in total. The highest BCUT2D eigenvalue weighted by Crippen LogP contribution is 2.36. The fraction of sp³-hybridized carbons (Fsp3) is 0.375. The number of ether oxygens (including phenoxy) is 1. The van der Waals surface area contributed by atoms with Gasteiger partial charge < -0.3 is 14.5 Å². The third-order valence-electron chi connectivity index (χ3n) is 8.97. The number of aromatic nitrogens is 1. The number of hydrogen-bond acceptors (Lipinski definition) is 4. The smallest absolute Gasteiger partial charge is 0.410 e. The first-order chi connectivity index (χ1) is 22.6. The first-order valence-corrected chi connectivity index (χ1v) is 16.9. The SMILES string of the molecule is CCCCC(=O)n1cc(CN(C(=O)C2=C(c3cccc(-c4ccccc4)c3)CCN(C(=O)OC(C)(C)C)C2)C2CC2)c2ccccc21. The summed E-state index contributed by atoms with van der Waals surface area (Å²) in [5, 5.41) is 0.986. The van der Waals surface area contributed by atoms with E-state index >= 15 is 0 Å². The fourth-order valence-corrected chi connectivity index (χ4v) is 6.42. The summed E-state index contributed by atoms with van der Waals surface area (Å²) in [4.78, 5) is 44.9. The molecular formula is C40H45N3O4. The van der Waals surface area contributed by atoms with E-state index < -0.39 is 11.7 Å². The lowest BCUT2D eigenvalue weighted by Gasteiger charge is -2.34. The number of carbonyl (C=O) groups is 3. The number of amides is 2. The standard InChI is InChI=1S/C40H45N3O4/c1-5-6-19-37(44)43-26-31(34-17-10-11-18-36(34)43)25-42(32-20-21-32)38(45)35-27-41(39(46)47-40(2,3)4)23-22-33(35)30-16-12-15-29(24-30)28-13-8-7-9-14-28/h7-18,24,26,32H,5-6,19-23,25,27H2,1-4H3. The predicted molar refractivity (Wildman–Crippen MR) is 187 cm³/mol. The Morgan fingerprint density at radius 1 is 0.894 bits per heavy atom. The second-order valence-corrected chi connectivity index (χ2v) is 13.8. The highest BCUT2D eigenvalue weighted by Gasteiger charge is 2.38. The van der Waals surface area contributed by atoms with E-state index in [1.54, 1.807) is 9.47 Å². The number of fused-ring (bicyclic) bond motifs is 1. The number of benzene rings is 3. The maximum absolute atomic E-state index is 14.8. The van der Waals surface area contributed by atoms with E-state index in [1.165, 1.54) is 0 Å². The van der Waals surface area contributed by atoms with Gasteiger partial charge in [0.25, 0.3) is 5.91 Å². The molecule has 3 aromatic carbocycles. The van der Waals surface area contributed by atoms with Gasteiger partial charge in [0.15, 0.2) is 0 Å². The van der Waals surface area contributed by atoms with Crippen LogP contribution in [0.5, 0.6) is 0 Å². The maximum Gasteiger partial charge on any atom is 0.410 e. The lowest BCUT2D eigenvalue weighted by molar-refractivity contribution is -0.128. The summed E-state index contributed by atoms with van der Waals surface area (Å²) >= 11 is 0. The van der Waals surface area contributed by atoms with Gasteiger partial charge in [0.2, 0.25) is 5.91 Å². The average molecular weight is 632 g/mol. The number of hydrogen-bond donors (Lipinski definition) is 0. The molecule has 7 heteroatoms. The minimum atomic E-state index is -0.641. The first-order valence-electron chi connectivity index (χ1n) is 16.9. The normalized spacial score (nSPS) is 15.2. The quantitative estimate of drug-likeness (QED) is 0.185. The zero-order valence-electron chi connectivity index (χ0n) is 28.0. The lowest BCUT2D eigenvalue weighted by Crippen LogP contribution is -2.44. The van der Waals surface area contributed by atoms with Gasteiger partial charge in [-0.15, -0.1) is 0 Å². The van der Waals surface area contributed by atoms with Gasteiger partial charge in [-0.1, -0.05) is 80.1 Å². The van der Waals surface area contributed by atoms with Crippen LogP contribution in [0.1, 0.15) is 82.1 Å². The highest BCUT2D eigenvalue weighted by molar-refractivity contribution is 6.03. The van der Waals surface area contributed by atoms with Crippen LogP contribution in [0.25, 0.3) is 27.6 Å². The van der Waals surface area contributed by atoms with Crippen molar-refractivity contribution in [2.75, 3.05) is 13.1 Å². The molecule has 0 spiro atoms. The van der Waals surface area contributed by atoms with E-state index in [4.69, 9.17) is 4.74 Å². The molecular weight excluding hydrogens is 586 g/mol. The Labute approximate surface area is 277 Å². The average Bonchev–Trinajstić information content (AvgIpc) is 3.86. The van der Waals surface area contributed by atoms with Gasteiger partial charge in [-0.3, -0.25) is 14.2 Å². The van der Waals surface area contributed by atoms with Gasteiger partial charge >= 0.3 is 6.09 Å². The molecule has 2 heterocycles. The Balaban J connectivity index is 1.38. The zero-order chi connectivity index (χ0) is 33.1. The molecule has 1 aliphatic heterocycles. The fourth-order valence-electron chi connectivity index (χ4n) is 6.42. The molecule has 1 fully saturated rings. The van der Waals surface area contributed by atoms with Gasteiger partial charge in [0.05, 0.1) is 12.1 Å². The third kappa shape index (κ3) is 7.35. The second kappa shape index (κ2) is 13.6. The van der Waals surface area contributed by atoms with E-state index in [2.05, 4.69) is 37.3 Å². The molecule has 0 radical (unpaired) electrons. The minimum Gasteiger partial charge on any atom is -0.444 e. The number of unbranched alkanes of at least 4 members (excludes halogenated alkanes) is 1. The van der Waals surface area contributed by atoms with Gasteiger partial charge in [-0.25, -0.2) is 4.79 Å². The zero-order valence-corrected chi connectivity index (χ0v) is 28.0. The molecule has 244 valence electrons. The summed E-state index contributed by atoms with van der Waals surface area (Å²) in [5.74, 6) is 0.0113. The predicted octanol–water partition coefficient (Wildman–Crippen LogP) is 8.72. The summed E-state index contributed by atoms with van der Waals surface area (Å²) in [5.41, 5.74) is 5.97. The van der Waals surface area contributed by atoms with E-state index in [0.29, 0.717) is 31.5 Å². The molecule has 0 bridgehead atoms. The second-order valence-electron chi connectivity index (χ2n) is 13.8. The molecule has 47 heavy (non-hydrogen) atoms. The van der Waals surface area contributed by atoms with Crippen LogP contribution < -0.4 is 0 Å². The molecule has 2 aliphatic rings. The molecule has 0 unspecified atom stereocenters. The van der Waals surface area contributed by atoms with Crippen molar-refractivity contribution in [2.24, 2.45) is 0 Å². The van der Waals surface area contributed by atoms with Crippen LogP contribution in [0, 0.1) is 0 Å². The lowest BCUT2D eigenvalue weighted by atomic mass is 9.90. The van der Waals surface area contributed by atoms with Crippen LogP contribution in [-0.2, 0) is 16.1 Å². The molecule has 0 atom stereocenters. The van der Waals surface area contributed by atoms with Crippen LogP contribution in [0.3, 0.4) is 0 Å². The molecule has 1 saturated carbocycles. The molecule has 0 N–H and O–H groups in total. The largest absolute Gasteiger partial charge is 0.444 e. The van der Waals surface area contributed by atoms with Crippen molar-refractivity contribution < 1.29 is 19.1 Å². The van der Waals surface area contributed by atoms with Gasteiger partial charge in [-0.2, -0.15) is 0 Å². The monoisotopic (exact) mass is 631 g/mol. The topological polar surface area (TPSA) is 71.9 Å². The van der Waals surface area contributed by atoms with Crippen molar-refractivity contribution in [1.82, 2.24) is 14.4 Å². The molecule has 1 aromatic heterocycles. The number of carbonyl (C=O) groups excluding carboxylic acids is 3. The van der Waals surface area contributed by atoms with Crippen LogP contribution in [0.15, 0.2) is 90.6 Å². The van der Waals surface area contributed by atoms with Crippen molar-refractivity contribution in [2.45, 2.75) is 84.4 Å². The van der Waals surface area contributed by atoms with Crippen molar-refractivity contribution in [3.05, 3.63) is 102 Å². The van der Waals surface area contributed by atoms with Crippen molar-refractivity contribution in [3.63, 3.8) is 0 Å². The summed E-state index contributed by atoms with van der Waals surface area (Å²) in [6.45, 7) is 8.69. The van der Waals surface area contributed by atoms with Gasteiger partial charge in [0, 0.05) is 42.7 Å². The van der Waals surface area contributed by atoms with Crippen LogP contribution in [0.4, 0.5) is 4.79 Å². The highest BCUT2D eigenvalue weighted by atomic mass is 16.6. The van der Waals surface area contributed by atoms with E-state index in [0.717, 1.165) is 64.4 Å². The van der Waals surface area contributed by atoms with Crippen molar-refractivity contribution >= 4 is 34.4 Å². The van der Waals surface area contributed by atoms with E-state index in [9.17, 15) is 14.4 Å². The summed E-state index contributed by atoms with van der Waals surface area (Å²) in [7, 11) is 0. The van der Waals surface area contributed by atoms with Crippen LogP contribution >= 0.6 is 0 Å². The molecule has 4 aromatic rings. The van der Waals surface area contributed by atoms with E-state index in [1.807, 2.05) is 80.4 Å².